The number of amides is 1. The van der Waals surface area contributed by atoms with Gasteiger partial charge in [-0.2, -0.15) is 4.98 Å². The fraction of sp³-hybridized carbons (Fsp3) is 0.250. The normalized spacial score (nSPS) is 17.8. The van der Waals surface area contributed by atoms with Gasteiger partial charge in [-0.3, -0.25) is 9.78 Å². The zero-order valence-electron chi connectivity index (χ0n) is 12.7. The van der Waals surface area contributed by atoms with Crippen LogP contribution in [0.5, 0.6) is 0 Å². The number of carbonyl (C=O) groups is 1. The SMILES string of the molecule is O=C(c1cccnc1)N1CCOC[C@@H]1c1nc(-c2cccs2)no1. The third-order valence-electron chi connectivity index (χ3n) is 3.77. The second-order valence-electron chi connectivity index (χ2n) is 5.26. The highest BCUT2D eigenvalue weighted by Crippen LogP contribution is 2.28. The van der Waals surface area contributed by atoms with Gasteiger partial charge in [-0.15, -0.1) is 11.3 Å². The van der Waals surface area contributed by atoms with Gasteiger partial charge in [-0.1, -0.05) is 11.2 Å². The molecule has 0 saturated carbocycles. The van der Waals surface area contributed by atoms with Gasteiger partial charge < -0.3 is 14.2 Å². The Morgan fingerprint density at radius 3 is 3.08 bits per heavy atom. The molecule has 4 rings (SSSR count). The van der Waals surface area contributed by atoms with Crippen LogP contribution in [0, 0.1) is 0 Å². The van der Waals surface area contributed by atoms with Crippen molar-refractivity contribution in [3.05, 3.63) is 53.5 Å². The number of nitrogens with zero attached hydrogens (tertiary/aromatic N) is 4. The summed E-state index contributed by atoms with van der Waals surface area (Å²) in [6.45, 7) is 1.28. The van der Waals surface area contributed by atoms with E-state index in [1.807, 2.05) is 17.5 Å². The van der Waals surface area contributed by atoms with Crippen molar-refractivity contribution in [2.75, 3.05) is 19.8 Å². The van der Waals surface area contributed by atoms with Crippen LogP contribution in [0.4, 0.5) is 0 Å². The van der Waals surface area contributed by atoms with Crippen LogP contribution in [0.15, 0.2) is 46.6 Å². The van der Waals surface area contributed by atoms with E-state index in [0.717, 1.165) is 4.88 Å². The maximum Gasteiger partial charge on any atom is 0.256 e. The minimum atomic E-state index is -0.396. The van der Waals surface area contributed by atoms with E-state index in [0.29, 0.717) is 37.0 Å². The molecule has 1 amide bonds. The Morgan fingerprint density at radius 1 is 1.33 bits per heavy atom. The molecule has 0 aliphatic carbocycles. The van der Waals surface area contributed by atoms with Crippen molar-refractivity contribution in [2.24, 2.45) is 0 Å². The van der Waals surface area contributed by atoms with Gasteiger partial charge >= 0.3 is 0 Å². The van der Waals surface area contributed by atoms with E-state index < -0.39 is 6.04 Å². The van der Waals surface area contributed by atoms with Gasteiger partial charge in [0.25, 0.3) is 11.8 Å². The number of rotatable bonds is 3. The zero-order valence-corrected chi connectivity index (χ0v) is 13.5. The van der Waals surface area contributed by atoms with Crippen LogP contribution >= 0.6 is 11.3 Å². The lowest BCUT2D eigenvalue weighted by Crippen LogP contribution is -2.43. The summed E-state index contributed by atoms with van der Waals surface area (Å²) in [5.41, 5.74) is 0.530. The summed E-state index contributed by atoms with van der Waals surface area (Å²) in [7, 11) is 0. The van der Waals surface area contributed by atoms with Gasteiger partial charge in [-0.25, -0.2) is 0 Å². The monoisotopic (exact) mass is 342 g/mol. The highest BCUT2D eigenvalue weighted by molar-refractivity contribution is 7.13. The molecule has 3 aromatic rings. The van der Waals surface area contributed by atoms with E-state index in [1.165, 1.54) is 11.3 Å². The molecule has 0 aromatic carbocycles. The van der Waals surface area contributed by atoms with E-state index in [-0.39, 0.29) is 5.91 Å². The number of carbonyl (C=O) groups excluding carboxylic acids is 1. The number of thiophene rings is 1. The largest absolute Gasteiger partial charge is 0.377 e. The predicted molar refractivity (Wildman–Crippen MR) is 86.4 cm³/mol. The number of hydrogen-bond donors (Lipinski definition) is 0. The lowest BCUT2D eigenvalue weighted by atomic mass is 10.1. The first-order valence-electron chi connectivity index (χ1n) is 7.49. The molecule has 8 heteroatoms. The molecule has 122 valence electrons. The van der Waals surface area contributed by atoms with Crippen LogP contribution in [0.25, 0.3) is 10.7 Å². The van der Waals surface area contributed by atoms with Crippen LogP contribution < -0.4 is 0 Å². The van der Waals surface area contributed by atoms with Crippen molar-refractivity contribution in [2.45, 2.75) is 6.04 Å². The minimum absolute atomic E-state index is 0.118. The van der Waals surface area contributed by atoms with Crippen molar-refractivity contribution < 1.29 is 14.1 Å². The Morgan fingerprint density at radius 2 is 2.29 bits per heavy atom. The van der Waals surface area contributed by atoms with E-state index in [9.17, 15) is 4.79 Å². The van der Waals surface area contributed by atoms with Crippen molar-refractivity contribution in [1.82, 2.24) is 20.0 Å². The Bertz CT molecular complexity index is 819. The summed E-state index contributed by atoms with van der Waals surface area (Å²) >= 11 is 1.53. The third kappa shape index (κ3) is 2.81. The van der Waals surface area contributed by atoms with Crippen molar-refractivity contribution in [1.29, 1.82) is 0 Å². The van der Waals surface area contributed by atoms with E-state index in [2.05, 4.69) is 15.1 Å². The van der Waals surface area contributed by atoms with Crippen LogP contribution in [0.3, 0.4) is 0 Å². The minimum Gasteiger partial charge on any atom is -0.377 e. The molecule has 0 radical (unpaired) electrons. The number of ether oxygens (including phenoxy) is 1. The Kier molecular flexibility index (Phi) is 4.06. The summed E-state index contributed by atoms with van der Waals surface area (Å²) < 4.78 is 10.9. The fourth-order valence-corrected chi connectivity index (χ4v) is 3.23. The highest BCUT2D eigenvalue weighted by atomic mass is 32.1. The number of hydrogen-bond acceptors (Lipinski definition) is 7. The molecule has 4 heterocycles. The lowest BCUT2D eigenvalue weighted by molar-refractivity contribution is -0.0119. The van der Waals surface area contributed by atoms with Gasteiger partial charge in [0.05, 0.1) is 23.7 Å². The first-order chi connectivity index (χ1) is 11.8. The van der Waals surface area contributed by atoms with E-state index >= 15 is 0 Å². The van der Waals surface area contributed by atoms with Crippen molar-refractivity contribution in [3.8, 4) is 10.7 Å². The second-order valence-corrected chi connectivity index (χ2v) is 6.21. The number of pyridine rings is 1. The molecule has 0 spiro atoms. The van der Waals surface area contributed by atoms with Crippen molar-refractivity contribution in [3.63, 3.8) is 0 Å². The summed E-state index contributed by atoms with van der Waals surface area (Å²) in [5, 5.41) is 5.97. The molecule has 1 aliphatic rings. The predicted octanol–water partition coefficient (Wildman–Crippen LogP) is 2.41. The first-order valence-corrected chi connectivity index (χ1v) is 8.37. The average molecular weight is 342 g/mol. The molecule has 24 heavy (non-hydrogen) atoms. The standard InChI is InChI=1S/C16H14N4O3S/c21-16(11-3-1-5-17-9-11)20-6-7-22-10-12(20)15-18-14(19-23-15)13-4-2-8-24-13/h1-5,8-9,12H,6-7,10H2/t12-/m1/s1. The van der Waals surface area contributed by atoms with Gasteiger partial charge in [0.1, 0.15) is 6.04 Å². The molecule has 3 aromatic heterocycles. The van der Waals surface area contributed by atoms with Crippen LogP contribution in [-0.4, -0.2) is 45.7 Å². The average Bonchev–Trinajstić information content (AvgIpc) is 3.33. The zero-order chi connectivity index (χ0) is 16.4. The molecule has 1 fully saturated rings. The summed E-state index contributed by atoms with van der Waals surface area (Å²) in [4.78, 5) is 23.8. The second kappa shape index (κ2) is 6.50. The van der Waals surface area contributed by atoms with Gasteiger partial charge in [0, 0.05) is 18.9 Å². The molecule has 0 bridgehead atoms. The third-order valence-corrected chi connectivity index (χ3v) is 4.63. The molecule has 0 N–H and O–H groups in total. The van der Waals surface area contributed by atoms with E-state index in [1.54, 1.807) is 29.4 Å². The molecule has 1 aliphatic heterocycles. The quantitative estimate of drug-likeness (QED) is 0.727. The number of aromatic nitrogens is 3. The molecular weight excluding hydrogens is 328 g/mol. The lowest BCUT2D eigenvalue weighted by Gasteiger charge is -2.33. The summed E-state index contributed by atoms with van der Waals surface area (Å²) in [5.74, 6) is 0.793. The smallest absolute Gasteiger partial charge is 0.256 e. The molecule has 0 unspecified atom stereocenters. The topological polar surface area (TPSA) is 81.4 Å². The molecular formula is C16H14N4O3S. The maximum atomic E-state index is 12.8. The molecule has 7 nitrogen and oxygen atoms in total. The van der Waals surface area contributed by atoms with Crippen LogP contribution in [-0.2, 0) is 4.74 Å². The van der Waals surface area contributed by atoms with Crippen LogP contribution in [0.2, 0.25) is 0 Å². The Hall–Kier alpha value is -2.58. The molecule has 1 atom stereocenters. The van der Waals surface area contributed by atoms with Crippen LogP contribution in [0.1, 0.15) is 22.3 Å². The number of morpholine rings is 1. The summed E-state index contributed by atoms with van der Waals surface area (Å²) in [6.07, 6.45) is 3.19. The Balaban J connectivity index is 1.62. The maximum absolute atomic E-state index is 12.8. The van der Waals surface area contributed by atoms with E-state index in [4.69, 9.17) is 9.26 Å². The Labute approximate surface area is 141 Å². The first kappa shape index (κ1) is 15.0. The fourth-order valence-electron chi connectivity index (χ4n) is 2.58. The molecule has 1 saturated heterocycles. The van der Waals surface area contributed by atoms with Gasteiger partial charge in [-0.05, 0) is 23.6 Å². The van der Waals surface area contributed by atoms with Crippen molar-refractivity contribution >= 4 is 17.2 Å². The van der Waals surface area contributed by atoms with Gasteiger partial charge in [0.15, 0.2) is 0 Å². The highest BCUT2D eigenvalue weighted by Gasteiger charge is 2.33. The summed E-state index contributed by atoms with van der Waals surface area (Å²) in [6, 6.07) is 6.94. The van der Waals surface area contributed by atoms with Gasteiger partial charge in [0.2, 0.25) is 5.82 Å².